The Morgan fingerprint density at radius 3 is 1.98 bits per heavy atom. The van der Waals surface area contributed by atoms with E-state index in [0.29, 0.717) is 49.5 Å². The molecule has 1 heterocycles. The van der Waals surface area contributed by atoms with Crippen molar-refractivity contribution in [1.82, 2.24) is 9.80 Å². The van der Waals surface area contributed by atoms with Crippen molar-refractivity contribution in [3.8, 4) is 0 Å². The first-order valence-electron chi connectivity index (χ1n) is 18.9. The molecule has 5 rings (SSSR count). The minimum atomic E-state index is -0.230. The molecule has 1 aliphatic heterocycles. The summed E-state index contributed by atoms with van der Waals surface area (Å²) in [6.45, 7) is 3.63. The predicted molar refractivity (Wildman–Crippen MR) is 180 cm³/mol. The third-order valence-electron chi connectivity index (χ3n) is 11.3. The first kappa shape index (κ1) is 35.2. The minimum Gasteiger partial charge on any atom is -0.330 e. The van der Waals surface area contributed by atoms with Gasteiger partial charge < -0.3 is 10.6 Å². The second kappa shape index (κ2) is 18.5. The number of nitrogens with zero attached hydrogens (tertiary/aromatic N) is 2. The van der Waals surface area contributed by atoms with Crippen LogP contribution in [-0.2, 0) is 9.59 Å². The molecule has 5 fully saturated rings. The highest BCUT2D eigenvalue weighted by molar-refractivity contribution is 6.03. The van der Waals surface area contributed by atoms with Gasteiger partial charge in [-0.25, -0.2) is 4.79 Å². The van der Waals surface area contributed by atoms with Gasteiger partial charge in [-0.05, 0) is 114 Å². The standard InChI is InChI=1S/C38H65N3O3/c1-2-3-4-5-6-7-8-9-10-11-12-13-14-15-16-20-35(42)25-31(19-17-18-21-39)29-40-30-36(43)41(37(40)44)38-26-32-22-33(27-38)24-34(23-32)28-38/h9-10,31-34H,2-8,11-30,39H2,1H3/b10-9+. The zero-order chi connectivity index (χ0) is 31.2. The number of carbonyl (C=O) groups excluding carboxylic acids is 3. The van der Waals surface area contributed by atoms with Crippen LogP contribution >= 0.6 is 0 Å². The molecule has 0 spiro atoms. The molecular weight excluding hydrogens is 546 g/mol. The van der Waals surface area contributed by atoms with Crippen LogP contribution in [-0.4, -0.2) is 52.7 Å². The van der Waals surface area contributed by atoms with Crippen LogP contribution in [0.5, 0.6) is 0 Å². The van der Waals surface area contributed by atoms with Gasteiger partial charge in [0, 0.05) is 19.4 Å². The molecule has 0 radical (unpaired) electrons. The summed E-state index contributed by atoms with van der Waals surface area (Å²) in [4.78, 5) is 43.6. The van der Waals surface area contributed by atoms with E-state index >= 15 is 0 Å². The third-order valence-corrected chi connectivity index (χ3v) is 11.3. The van der Waals surface area contributed by atoms with E-state index in [0.717, 1.165) is 51.4 Å². The van der Waals surface area contributed by atoms with Crippen molar-refractivity contribution in [2.24, 2.45) is 29.4 Å². The van der Waals surface area contributed by atoms with Crippen molar-refractivity contribution in [3.05, 3.63) is 12.2 Å². The van der Waals surface area contributed by atoms with Crippen LogP contribution < -0.4 is 5.73 Å². The number of unbranched alkanes of at least 4 members (excludes halogenated alkanes) is 12. The number of carbonyl (C=O) groups is 3. The number of ketones is 1. The van der Waals surface area contributed by atoms with E-state index in [9.17, 15) is 14.4 Å². The van der Waals surface area contributed by atoms with Gasteiger partial charge in [-0.1, -0.05) is 76.9 Å². The number of allylic oxidation sites excluding steroid dienone is 2. The van der Waals surface area contributed by atoms with Crippen molar-refractivity contribution in [3.63, 3.8) is 0 Å². The highest BCUT2D eigenvalue weighted by Gasteiger charge is 2.58. The topological polar surface area (TPSA) is 83.7 Å². The number of Topliss-reactive ketones (excluding diaryl/α,β-unsaturated/α-hetero) is 1. The number of urea groups is 1. The van der Waals surface area contributed by atoms with E-state index in [1.165, 1.54) is 89.9 Å². The minimum absolute atomic E-state index is 0.00252. The molecule has 4 bridgehead atoms. The van der Waals surface area contributed by atoms with E-state index in [1.54, 1.807) is 9.80 Å². The van der Waals surface area contributed by atoms with Gasteiger partial charge in [0.15, 0.2) is 0 Å². The lowest BCUT2D eigenvalue weighted by atomic mass is 9.52. The second-order valence-corrected chi connectivity index (χ2v) is 15.3. The number of rotatable bonds is 24. The predicted octanol–water partition coefficient (Wildman–Crippen LogP) is 8.96. The zero-order valence-corrected chi connectivity index (χ0v) is 28.3. The molecule has 1 atom stereocenters. The summed E-state index contributed by atoms with van der Waals surface area (Å²) in [5.41, 5.74) is 5.54. The number of hydrogen-bond acceptors (Lipinski definition) is 4. The molecule has 2 N–H and O–H groups in total. The van der Waals surface area contributed by atoms with Gasteiger partial charge in [0.1, 0.15) is 12.3 Å². The fourth-order valence-electron chi connectivity index (χ4n) is 9.46. The van der Waals surface area contributed by atoms with E-state index in [2.05, 4.69) is 19.1 Å². The third kappa shape index (κ3) is 10.4. The van der Waals surface area contributed by atoms with Crippen molar-refractivity contribution in [2.45, 2.75) is 167 Å². The first-order chi connectivity index (χ1) is 21.4. The van der Waals surface area contributed by atoms with Gasteiger partial charge in [-0.3, -0.25) is 14.5 Å². The van der Waals surface area contributed by atoms with Crippen molar-refractivity contribution in [1.29, 1.82) is 0 Å². The summed E-state index contributed by atoms with van der Waals surface area (Å²) >= 11 is 0. The monoisotopic (exact) mass is 612 g/mol. The summed E-state index contributed by atoms with van der Waals surface area (Å²) in [7, 11) is 0. The lowest BCUT2D eigenvalue weighted by Crippen LogP contribution is -2.61. The Bertz CT molecular complexity index is 895. The maximum atomic E-state index is 13.7. The van der Waals surface area contributed by atoms with Gasteiger partial charge in [0.2, 0.25) is 0 Å². The highest BCUT2D eigenvalue weighted by atomic mass is 16.2. The SMILES string of the molecule is CCCCCCCC/C=C/CCCCCCCC(=O)CC(CCCCN)CN1CC(=O)N(C23CC4CC(CC(C4)C2)C3)C1=O. The lowest BCUT2D eigenvalue weighted by molar-refractivity contribution is -0.138. The van der Waals surface area contributed by atoms with E-state index in [4.69, 9.17) is 5.73 Å². The Labute approximate surface area is 269 Å². The summed E-state index contributed by atoms with van der Waals surface area (Å²) in [6.07, 6.45) is 31.9. The largest absolute Gasteiger partial charge is 0.330 e. The molecular formula is C38H65N3O3. The molecule has 5 aliphatic rings. The highest BCUT2D eigenvalue weighted by Crippen LogP contribution is 2.58. The van der Waals surface area contributed by atoms with Crippen LogP contribution in [0.4, 0.5) is 4.79 Å². The van der Waals surface area contributed by atoms with Gasteiger partial charge in [0.25, 0.3) is 5.91 Å². The average molecular weight is 612 g/mol. The Hall–Kier alpha value is -1.69. The van der Waals surface area contributed by atoms with Gasteiger partial charge in [0.05, 0.1) is 5.54 Å². The summed E-state index contributed by atoms with van der Waals surface area (Å²) in [6, 6.07) is -0.0783. The van der Waals surface area contributed by atoms with Crippen LogP contribution in [0.25, 0.3) is 0 Å². The van der Waals surface area contributed by atoms with E-state index in [-0.39, 0.29) is 29.9 Å². The molecule has 3 amide bonds. The molecule has 0 aromatic rings. The second-order valence-electron chi connectivity index (χ2n) is 15.3. The van der Waals surface area contributed by atoms with Crippen molar-refractivity contribution in [2.75, 3.05) is 19.6 Å². The molecule has 1 saturated heterocycles. The lowest BCUT2D eigenvalue weighted by Gasteiger charge is -2.58. The first-order valence-corrected chi connectivity index (χ1v) is 18.9. The molecule has 1 unspecified atom stereocenters. The number of hydrogen-bond donors (Lipinski definition) is 1. The Balaban J connectivity index is 1.12. The van der Waals surface area contributed by atoms with Crippen LogP contribution in [0.15, 0.2) is 12.2 Å². The van der Waals surface area contributed by atoms with Crippen LogP contribution in [0.1, 0.15) is 161 Å². The molecule has 4 saturated carbocycles. The van der Waals surface area contributed by atoms with Gasteiger partial charge in [-0.15, -0.1) is 0 Å². The summed E-state index contributed by atoms with van der Waals surface area (Å²) in [5.74, 6) is 2.50. The summed E-state index contributed by atoms with van der Waals surface area (Å²) < 4.78 is 0. The molecule has 0 aromatic carbocycles. The molecule has 44 heavy (non-hydrogen) atoms. The van der Waals surface area contributed by atoms with Crippen LogP contribution in [0.3, 0.4) is 0 Å². The maximum Gasteiger partial charge on any atom is 0.327 e. The quantitative estimate of drug-likeness (QED) is 0.0671. The molecule has 6 heteroatoms. The molecule has 0 aromatic heterocycles. The smallest absolute Gasteiger partial charge is 0.327 e. The van der Waals surface area contributed by atoms with Crippen molar-refractivity contribution < 1.29 is 14.4 Å². The number of amides is 3. The van der Waals surface area contributed by atoms with Crippen LogP contribution in [0, 0.1) is 23.7 Å². The Kier molecular flexibility index (Phi) is 14.8. The van der Waals surface area contributed by atoms with Gasteiger partial charge in [-0.2, -0.15) is 0 Å². The van der Waals surface area contributed by atoms with Crippen LogP contribution in [0.2, 0.25) is 0 Å². The molecule has 6 nitrogen and oxygen atoms in total. The Morgan fingerprint density at radius 2 is 1.39 bits per heavy atom. The average Bonchev–Trinajstić information content (AvgIpc) is 3.27. The fraction of sp³-hybridized carbons (Fsp3) is 0.868. The number of nitrogens with two attached hydrogens (primary N) is 1. The fourth-order valence-corrected chi connectivity index (χ4v) is 9.46. The van der Waals surface area contributed by atoms with E-state index < -0.39 is 0 Å². The zero-order valence-electron chi connectivity index (χ0n) is 28.3. The summed E-state index contributed by atoms with van der Waals surface area (Å²) in [5, 5.41) is 0. The maximum absolute atomic E-state index is 13.7. The van der Waals surface area contributed by atoms with Crippen molar-refractivity contribution >= 4 is 17.7 Å². The normalized spacial score (nSPS) is 26.9. The number of imide groups is 1. The Morgan fingerprint density at radius 1 is 0.818 bits per heavy atom. The molecule has 250 valence electrons. The van der Waals surface area contributed by atoms with Gasteiger partial charge >= 0.3 is 6.03 Å². The molecule has 4 aliphatic carbocycles. The van der Waals surface area contributed by atoms with E-state index in [1.807, 2.05) is 0 Å².